The summed E-state index contributed by atoms with van der Waals surface area (Å²) in [6.07, 6.45) is 3.79. The highest BCUT2D eigenvalue weighted by Crippen LogP contribution is 2.28. The van der Waals surface area contributed by atoms with Gasteiger partial charge < -0.3 is 29.2 Å². The van der Waals surface area contributed by atoms with Gasteiger partial charge in [0.1, 0.15) is 22.6 Å². The molecule has 0 aliphatic carbocycles. The van der Waals surface area contributed by atoms with Crippen molar-refractivity contribution >= 4 is 23.9 Å². The molecule has 10 nitrogen and oxygen atoms in total. The minimum atomic E-state index is -0.894. The Hall–Kier alpha value is -3.82. The van der Waals surface area contributed by atoms with Gasteiger partial charge in [0.2, 0.25) is 0 Å². The molecule has 0 aliphatic heterocycles. The number of carbonyl (C=O) groups is 4. The molecule has 0 saturated carbocycles. The van der Waals surface area contributed by atoms with E-state index in [1.165, 1.54) is 0 Å². The number of ether oxygens (including phenoxy) is 4. The lowest BCUT2D eigenvalue weighted by atomic mass is 10.1. The van der Waals surface area contributed by atoms with Gasteiger partial charge in [-0.1, -0.05) is 13.2 Å². The standard InChI is InChI=1S/C22H26O10/c1-3-19(25)29-9-5-7-11-31-21(27)15-13-18(24)16(14-17(15)23)22(28)32-12-8-6-10-30-20(26)4-2/h3-4,13-14,23-24H,1-2,5-12H2. The lowest BCUT2D eigenvalue weighted by Crippen LogP contribution is -2.11. The molecule has 0 fully saturated rings. The molecule has 32 heavy (non-hydrogen) atoms. The fourth-order valence-electron chi connectivity index (χ4n) is 2.26. The van der Waals surface area contributed by atoms with E-state index in [0.29, 0.717) is 25.7 Å². The van der Waals surface area contributed by atoms with Gasteiger partial charge in [0.05, 0.1) is 26.4 Å². The second-order valence-electron chi connectivity index (χ2n) is 6.32. The maximum Gasteiger partial charge on any atom is 0.342 e. The first-order valence-corrected chi connectivity index (χ1v) is 9.78. The van der Waals surface area contributed by atoms with Crippen molar-refractivity contribution in [2.45, 2.75) is 25.7 Å². The zero-order chi connectivity index (χ0) is 23.9. The average Bonchev–Trinajstić information content (AvgIpc) is 2.78. The SMILES string of the molecule is C=CC(=O)OCCCCOC(=O)c1cc(O)c(C(=O)OCCCCOC(=O)C=C)cc1O. The Bertz CT molecular complexity index is 774. The molecule has 0 bridgehead atoms. The van der Waals surface area contributed by atoms with Gasteiger partial charge in [-0.25, -0.2) is 19.2 Å². The number of benzene rings is 1. The van der Waals surface area contributed by atoms with Crippen LogP contribution in [0.1, 0.15) is 46.4 Å². The van der Waals surface area contributed by atoms with Crippen LogP contribution in [0.25, 0.3) is 0 Å². The van der Waals surface area contributed by atoms with Crippen LogP contribution in [0, 0.1) is 0 Å². The number of phenolic OH excluding ortho intramolecular Hbond substituents is 2. The van der Waals surface area contributed by atoms with E-state index in [2.05, 4.69) is 13.2 Å². The van der Waals surface area contributed by atoms with E-state index >= 15 is 0 Å². The number of rotatable bonds is 14. The molecule has 0 atom stereocenters. The largest absolute Gasteiger partial charge is 0.507 e. The molecule has 1 aromatic rings. The van der Waals surface area contributed by atoms with Gasteiger partial charge >= 0.3 is 23.9 Å². The third kappa shape index (κ3) is 9.33. The highest BCUT2D eigenvalue weighted by Gasteiger charge is 2.21. The lowest BCUT2D eigenvalue weighted by molar-refractivity contribution is -0.138. The molecule has 174 valence electrons. The first-order valence-electron chi connectivity index (χ1n) is 9.78. The summed E-state index contributed by atoms with van der Waals surface area (Å²) in [6.45, 7) is 6.81. The summed E-state index contributed by atoms with van der Waals surface area (Å²) in [7, 11) is 0. The number of aromatic hydroxyl groups is 2. The maximum atomic E-state index is 12.1. The normalized spacial score (nSPS) is 10.0. The first-order chi connectivity index (χ1) is 15.3. The molecule has 0 radical (unpaired) electrons. The van der Waals surface area contributed by atoms with Crippen molar-refractivity contribution in [2.75, 3.05) is 26.4 Å². The van der Waals surface area contributed by atoms with Crippen LogP contribution in [0.2, 0.25) is 0 Å². The second-order valence-corrected chi connectivity index (χ2v) is 6.32. The Labute approximate surface area is 185 Å². The third-order valence-corrected chi connectivity index (χ3v) is 3.92. The maximum absolute atomic E-state index is 12.1. The molecule has 0 spiro atoms. The smallest absolute Gasteiger partial charge is 0.342 e. The zero-order valence-electron chi connectivity index (χ0n) is 17.5. The summed E-state index contributed by atoms with van der Waals surface area (Å²) >= 11 is 0. The summed E-state index contributed by atoms with van der Waals surface area (Å²) < 4.78 is 19.5. The van der Waals surface area contributed by atoms with E-state index in [0.717, 1.165) is 24.3 Å². The van der Waals surface area contributed by atoms with Crippen LogP contribution in [0.5, 0.6) is 11.5 Å². The van der Waals surface area contributed by atoms with Crippen LogP contribution in [0.4, 0.5) is 0 Å². The molecule has 1 rings (SSSR count). The summed E-state index contributed by atoms with van der Waals surface area (Å²) in [5, 5.41) is 20.1. The van der Waals surface area contributed by atoms with E-state index in [9.17, 15) is 29.4 Å². The van der Waals surface area contributed by atoms with Crippen molar-refractivity contribution in [3.8, 4) is 11.5 Å². The molecule has 0 aromatic heterocycles. The Balaban J connectivity index is 2.46. The predicted octanol–water partition coefficient (Wildman–Crippen LogP) is 2.43. The van der Waals surface area contributed by atoms with Gasteiger partial charge in [0.25, 0.3) is 0 Å². The number of carbonyl (C=O) groups excluding carboxylic acids is 4. The van der Waals surface area contributed by atoms with Crippen molar-refractivity contribution in [3.63, 3.8) is 0 Å². The zero-order valence-corrected chi connectivity index (χ0v) is 17.5. The quantitative estimate of drug-likeness (QED) is 0.142. The van der Waals surface area contributed by atoms with Crippen molar-refractivity contribution in [1.29, 1.82) is 0 Å². The molecular formula is C22H26O10. The van der Waals surface area contributed by atoms with Crippen molar-refractivity contribution in [1.82, 2.24) is 0 Å². The monoisotopic (exact) mass is 450 g/mol. The summed E-state index contributed by atoms with van der Waals surface area (Å²) in [6, 6.07) is 1.82. The van der Waals surface area contributed by atoms with Crippen LogP contribution >= 0.6 is 0 Å². The molecule has 1 aromatic carbocycles. The molecule has 0 heterocycles. The molecular weight excluding hydrogens is 424 g/mol. The highest BCUT2D eigenvalue weighted by molar-refractivity contribution is 5.98. The van der Waals surface area contributed by atoms with Crippen LogP contribution in [0.3, 0.4) is 0 Å². The summed E-state index contributed by atoms with van der Waals surface area (Å²) in [5.41, 5.74) is -0.637. The van der Waals surface area contributed by atoms with Crippen molar-refractivity contribution in [3.05, 3.63) is 48.6 Å². The topological polar surface area (TPSA) is 146 Å². The Kier molecular flexibility index (Phi) is 11.7. The summed E-state index contributed by atoms with van der Waals surface area (Å²) in [5.74, 6) is -4.00. The van der Waals surface area contributed by atoms with Gasteiger partial charge in [-0.2, -0.15) is 0 Å². The second kappa shape index (κ2) is 14.2. The van der Waals surface area contributed by atoms with Gasteiger partial charge in [0.15, 0.2) is 0 Å². The Morgan fingerprint density at radius 1 is 0.656 bits per heavy atom. The van der Waals surface area contributed by atoms with Crippen molar-refractivity contribution < 1.29 is 48.3 Å². The Morgan fingerprint density at radius 3 is 1.28 bits per heavy atom. The minimum absolute atomic E-state index is 0.00339. The number of phenols is 2. The van der Waals surface area contributed by atoms with E-state index < -0.39 is 35.4 Å². The fraction of sp³-hybridized carbons (Fsp3) is 0.364. The van der Waals surface area contributed by atoms with E-state index in [4.69, 9.17) is 18.9 Å². The Morgan fingerprint density at radius 2 is 0.969 bits per heavy atom. The molecule has 0 saturated heterocycles. The van der Waals surface area contributed by atoms with E-state index in [1.807, 2.05) is 0 Å². The molecule has 10 heteroatoms. The molecule has 0 aliphatic rings. The van der Waals surface area contributed by atoms with Gasteiger partial charge in [0, 0.05) is 12.2 Å². The van der Waals surface area contributed by atoms with Crippen LogP contribution in [0.15, 0.2) is 37.4 Å². The third-order valence-electron chi connectivity index (χ3n) is 3.92. The van der Waals surface area contributed by atoms with Crippen LogP contribution in [-0.4, -0.2) is 60.5 Å². The minimum Gasteiger partial charge on any atom is -0.507 e. The fourth-order valence-corrected chi connectivity index (χ4v) is 2.26. The average molecular weight is 450 g/mol. The molecule has 0 unspecified atom stereocenters. The number of unbranched alkanes of at least 4 members (excludes halogenated alkanes) is 2. The van der Waals surface area contributed by atoms with Crippen LogP contribution < -0.4 is 0 Å². The van der Waals surface area contributed by atoms with Crippen LogP contribution in [-0.2, 0) is 28.5 Å². The summed E-state index contributed by atoms with van der Waals surface area (Å²) in [4.78, 5) is 45.9. The first kappa shape index (κ1) is 26.2. The molecule has 2 N–H and O–H groups in total. The molecule has 0 amide bonds. The lowest BCUT2D eigenvalue weighted by Gasteiger charge is -2.10. The number of esters is 4. The van der Waals surface area contributed by atoms with Gasteiger partial charge in [-0.3, -0.25) is 0 Å². The number of hydrogen-bond donors (Lipinski definition) is 2. The van der Waals surface area contributed by atoms with Gasteiger partial charge in [-0.05, 0) is 37.8 Å². The predicted molar refractivity (Wildman–Crippen MR) is 111 cm³/mol. The van der Waals surface area contributed by atoms with E-state index in [1.54, 1.807) is 0 Å². The highest BCUT2D eigenvalue weighted by atomic mass is 16.5. The van der Waals surface area contributed by atoms with Crippen molar-refractivity contribution in [2.24, 2.45) is 0 Å². The number of hydrogen-bond acceptors (Lipinski definition) is 10. The van der Waals surface area contributed by atoms with Gasteiger partial charge in [-0.15, -0.1) is 0 Å². The van der Waals surface area contributed by atoms with E-state index in [-0.39, 0.29) is 37.6 Å².